The molecular formula is C22H31N9O2. The van der Waals surface area contributed by atoms with Gasteiger partial charge in [0.05, 0.1) is 13.2 Å². The SMILES string of the molecule is CCOCCn1c(CN2CCN(CCNC(=O)c3nccnc3N)CC2)nc2cccnc21. The van der Waals surface area contributed by atoms with Crippen LogP contribution in [-0.4, -0.2) is 92.7 Å². The molecule has 0 aliphatic carbocycles. The fourth-order valence-corrected chi connectivity index (χ4v) is 3.97. The second-order valence-electron chi connectivity index (χ2n) is 7.89. The maximum Gasteiger partial charge on any atom is 0.273 e. The molecule has 3 aromatic heterocycles. The van der Waals surface area contributed by atoms with Gasteiger partial charge in [-0.05, 0) is 19.1 Å². The van der Waals surface area contributed by atoms with Gasteiger partial charge in [0.2, 0.25) is 0 Å². The number of nitrogen functional groups attached to an aromatic ring is 1. The molecule has 3 N–H and O–H groups in total. The molecule has 0 spiro atoms. The summed E-state index contributed by atoms with van der Waals surface area (Å²) in [4.78, 5) is 34.2. The number of nitrogens with one attached hydrogen (secondary N) is 1. The number of nitrogens with zero attached hydrogens (tertiary/aromatic N) is 7. The van der Waals surface area contributed by atoms with Gasteiger partial charge in [0.25, 0.3) is 5.91 Å². The number of amides is 1. The fraction of sp³-hybridized carbons (Fsp3) is 0.500. The second kappa shape index (κ2) is 11.1. The minimum Gasteiger partial charge on any atom is -0.382 e. The van der Waals surface area contributed by atoms with Crippen molar-refractivity contribution in [2.45, 2.75) is 20.0 Å². The molecule has 176 valence electrons. The van der Waals surface area contributed by atoms with E-state index in [1.165, 1.54) is 12.4 Å². The van der Waals surface area contributed by atoms with Crippen LogP contribution < -0.4 is 11.1 Å². The maximum atomic E-state index is 12.2. The van der Waals surface area contributed by atoms with Crippen molar-refractivity contribution in [1.82, 2.24) is 39.6 Å². The molecular weight excluding hydrogens is 422 g/mol. The van der Waals surface area contributed by atoms with E-state index in [9.17, 15) is 4.79 Å². The third-order valence-corrected chi connectivity index (χ3v) is 5.73. The second-order valence-corrected chi connectivity index (χ2v) is 7.89. The lowest BCUT2D eigenvalue weighted by Crippen LogP contribution is -2.48. The summed E-state index contributed by atoms with van der Waals surface area (Å²) < 4.78 is 7.73. The predicted octanol–water partition coefficient (Wildman–Crippen LogP) is 0.388. The molecule has 4 heterocycles. The summed E-state index contributed by atoms with van der Waals surface area (Å²) in [6.07, 6.45) is 4.74. The summed E-state index contributed by atoms with van der Waals surface area (Å²) in [6, 6.07) is 3.92. The molecule has 0 radical (unpaired) electrons. The fourth-order valence-electron chi connectivity index (χ4n) is 3.97. The Bertz CT molecular complexity index is 1060. The minimum atomic E-state index is -0.293. The molecule has 3 aromatic rings. The third-order valence-electron chi connectivity index (χ3n) is 5.73. The zero-order chi connectivity index (χ0) is 23.0. The topological polar surface area (TPSA) is 127 Å². The Kier molecular flexibility index (Phi) is 7.76. The van der Waals surface area contributed by atoms with Gasteiger partial charge in [-0.15, -0.1) is 0 Å². The lowest BCUT2D eigenvalue weighted by molar-refractivity contribution is 0.0928. The first-order valence-electron chi connectivity index (χ1n) is 11.3. The van der Waals surface area contributed by atoms with Gasteiger partial charge in [0, 0.05) is 71.0 Å². The Hall–Kier alpha value is -3.15. The number of ether oxygens (including phenoxy) is 1. The molecule has 33 heavy (non-hydrogen) atoms. The van der Waals surface area contributed by atoms with Crippen LogP contribution in [0, 0.1) is 0 Å². The molecule has 1 amide bonds. The number of rotatable bonds is 10. The van der Waals surface area contributed by atoms with Crippen LogP contribution in [0.1, 0.15) is 23.2 Å². The number of aromatic nitrogens is 5. The number of imidazole rings is 1. The van der Waals surface area contributed by atoms with E-state index >= 15 is 0 Å². The minimum absolute atomic E-state index is 0.145. The Morgan fingerprint density at radius 2 is 1.88 bits per heavy atom. The van der Waals surface area contributed by atoms with Crippen LogP contribution in [0.15, 0.2) is 30.7 Å². The number of carbonyl (C=O) groups excluding carboxylic acids is 1. The molecule has 1 aliphatic rings. The van der Waals surface area contributed by atoms with Crippen molar-refractivity contribution >= 4 is 22.9 Å². The highest BCUT2D eigenvalue weighted by molar-refractivity contribution is 5.96. The summed E-state index contributed by atoms with van der Waals surface area (Å²) in [6.45, 7) is 9.91. The average Bonchev–Trinajstić information content (AvgIpc) is 3.17. The smallest absolute Gasteiger partial charge is 0.273 e. The third kappa shape index (κ3) is 5.81. The Morgan fingerprint density at radius 3 is 2.67 bits per heavy atom. The number of fused-ring (bicyclic) bond motifs is 1. The van der Waals surface area contributed by atoms with E-state index in [1.54, 1.807) is 6.20 Å². The van der Waals surface area contributed by atoms with Crippen molar-refractivity contribution in [2.75, 3.05) is 58.2 Å². The summed E-state index contributed by atoms with van der Waals surface area (Å²) >= 11 is 0. The van der Waals surface area contributed by atoms with Crippen LogP contribution in [0.25, 0.3) is 11.2 Å². The van der Waals surface area contributed by atoms with E-state index < -0.39 is 0 Å². The molecule has 11 nitrogen and oxygen atoms in total. The van der Waals surface area contributed by atoms with Crippen LogP contribution in [0.4, 0.5) is 5.82 Å². The van der Waals surface area contributed by atoms with Crippen molar-refractivity contribution in [3.05, 3.63) is 42.2 Å². The van der Waals surface area contributed by atoms with Crippen LogP contribution >= 0.6 is 0 Å². The highest BCUT2D eigenvalue weighted by atomic mass is 16.5. The van der Waals surface area contributed by atoms with Gasteiger partial charge >= 0.3 is 0 Å². The number of nitrogens with two attached hydrogens (primary N) is 1. The maximum absolute atomic E-state index is 12.2. The van der Waals surface area contributed by atoms with Crippen LogP contribution in [0.5, 0.6) is 0 Å². The van der Waals surface area contributed by atoms with E-state index in [4.69, 9.17) is 15.5 Å². The lowest BCUT2D eigenvalue weighted by Gasteiger charge is -2.34. The van der Waals surface area contributed by atoms with Crippen LogP contribution in [-0.2, 0) is 17.8 Å². The van der Waals surface area contributed by atoms with Gasteiger partial charge in [-0.1, -0.05) is 0 Å². The highest BCUT2D eigenvalue weighted by Crippen LogP contribution is 2.16. The summed E-state index contributed by atoms with van der Waals surface area (Å²) in [5, 5.41) is 2.88. The van der Waals surface area contributed by atoms with Crippen LogP contribution in [0.3, 0.4) is 0 Å². The van der Waals surface area contributed by atoms with E-state index in [0.717, 1.165) is 62.8 Å². The molecule has 0 bridgehead atoms. The molecule has 4 rings (SSSR count). The Labute approximate surface area is 193 Å². The van der Waals surface area contributed by atoms with Crippen molar-refractivity contribution in [3.63, 3.8) is 0 Å². The quantitative estimate of drug-likeness (QED) is 0.419. The predicted molar refractivity (Wildman–Crippen MR) is 125 cm³/mol. The molecule has 1 saturated heterocycles. The van der Waals surface area contributed by atoms with Crippen molar-refractivity contribution in [1.29, 1.82) is 0 Å². The standard InChI is InChI=1S/C22H31N9O2/c1-2-33-15-14-31-18(28-17-4-3-5-26-21(17)31)16-30-12-10-29(11-13-30)9-8-27-22(32)19-20(23)25-7-6-24-19/h3-7H,2,8-16H2,1H3,(H2,23,25)(H,27,32). The Balaban J connectivity index is 1.26. The normalized spacial score (nSPS) is 15.2. The summed E-state index contributed by atoms with van der Waals surface area (Å²) in [5.41, 5.74) is 7.71. The van der Waals surface area contributed by atoms with Gasteiger partial charge < -0.3 is 20.4 Å². The molecule has 0 atom stereocenters. The highest BCUT2D eigenvalue weighted by Gasteiger charge is 2.20. The van der Waals surface area contributed by atoms with Crippen LogP contribution in [0.2, 0.25) is 0 Å². The van der Waals surface area contributed by atoms with Gasteiger partial charge in [-0.2, -0.15) is 0 Å². The number of hydrogen-bond acceptors (Lipinski definition) is 9. The first kappa shape index (κ1) is 23.0. The average molecular weight is 454 g/mol. The molecule has 1 fully saturated rings. The van der Waals surface area contributed by atoms with E-state index in [-0.39, 0.29) is 17.4 Å². The van der Waals surface area contributed by atoms with Gasteiger partial charge in [0.15, 0.2) is 17.2 Å². The first-order valence-corrected chi connectivity index (χ1v) is 11.3. The summed E-state index contributed by atoms with van der Waals surface area (Å²) in [5.74, 6) is 0.871. The van der Waals surface area contributed by atoms with E-state index in [0.29, 0.717) is 19.8 Å². The van der Waals surface area contributed by atoms with Crippen molar-refractivity contribution in [2.24, 2.45) is 0 Å². The van der Waals surface area contributed by atoms with Gasteiger partial charge in [0.1, 0.15) is 11.3 Å². The lowest BCUT2D eigenvalue weighted by atomic mass is 10.3. The van der Waals surface area contributed by atoms with E-state index in [1.807, 2.05) is 19.1 Å². The zero-order valence-corrected chi connectivity index (χ0v) is 19.0. The number of pyridine rings is 1. The van der Waals surface area contributed by atoms with Gasteiger partial charge in [-0.3, -0.25) is 14.6 Å². The molecule has 0 unspecified atom stereocenters. The molecule has 0 aromatic carbocycles. The number of carbonyl (C=O) groups is 1. The number of piperazine rings is 1. The Morgan fingerprint density at radius 1 is 1.09 bits per heavy atom. The van der Waals surface area contributed by atoms with Crippen molar-refractivity contribution < 1.29 is 9.53 Å². The zero-order valence-electron chi connectivity index (χ0n) is 19.0. The molecule has 0 saturated carbocycles. The first-order chi connectivity index (χ1) is 16.2. The van der Waals surface area contributed by atoms with Crippen molar-refractivity contribution in [3.8, 4) is 0 Å². The molecule has 1 aliphatic heterocycles. The largest absolute Gasteiger partial charge is 0.382 e. The summed E-state index contributed by atoms with van der Waals surface area (Å²) in [7, 11) is 0. The number of hydrogen-bond donors (Lipinski definition) is 2. The van der Waals surface area contributed by atoms with E-state index in [2.05, 4.69) is 34.6 Å². The number of anilines is 1. The molecule has 11 heteroatoms. The van der Waals surface area contributed by atoms with Gasteiger partial charge in [-0.25, -0.2) is 19.9 Å². The monoisotopic (exact) mass is 453 g/mol.